The van der Waals surface area contributed by atoms with E-state index in [4.69, 9.17) is 8.60 Å². The van der Waals surface area contributed by atoms with Crippen molar-refractivity contribution in [1.82, 2.24) is 0 Å². The van der Waals surface area contributed by atoms with Gasteiger partial charge in [-0.05, 0) is 98.0 Å². The van der Waals surface area contributed by atoms with Gasteiger partial charge >= 0.3 is 29.6 Å². The summed E-state index contributed by atoms with van der Waals surface area (Å²) >= 11 is 0. The summed E-state index contributed by atoms with van der Waals surface area (Å²) in [6, 6.07) is 1.95. The maximum Gasteiger partial charge on any atom is 1.00 e. The van der Waals surface area contributed by atoms with Gasteiger partial charge in [0, 0.05) is 0 Å². The summed E-state index contributed by atoms with van der Waals surface area (Å²) < 4.78 is 43.1. The molecule has 3 rings (SSSR count). The molecule has 0 spiro atoms. The number of furan rings is 1. The Labute approximate surface area is 217 Å². The molecule has 7 heteroatoms. The minimum absolute atomic E-state index is 0. The van der Waals surface area contributed by atoms with Gasteiger partial charge in [-0.2, -0.15) is 0 Å². The van der Waals surface area contributed by atoms with Crippen LogP contribution in [-0.2, 0) is 21.0 Å². The van der Waals surface area contributed by atoms with Crippen LogP contribution in [0, 0.1) is 28.6 Å². The van der Waals surface area contributed by atoms with E-state index in [2.05, 4.69) is 33.8 Å². The van der Waals surface area contributed by atoms with Crippen LogP contribution in [0.15, 0.2) is 34.7 Å². The van der Waals surface area contributed by atoms with E-state index in [1.54, 1.807) is 18.1 Å². The Morgan fingerprint density at radius 1 is 1.25 bits per heavy atom. The Bertz CT molecular complexity index is 846. The summed E-state index contributed by atoms with van der Waals surface area (Å²) in [6.07, 6.45) is 15.3. The second-order valence-corrected chi connectivity index (χ2v) is 11.8. The zero-order chi connectivity index (χ0) is 22.7. The van der Waals surface area contributed by atoms with Gasteiger partial charge in [-0.15, -0.1) is 0 Å². The van der Waals surface area contributed by atoms with Crippen LogP contribution in [0.5, 0.6) is 0 Å². The van der Waals surface area contributed by atoms with E-state index in [9.17, 15) is 13.0 Å². The third kappa shape index (κ3) is 7.19. The van der Waals surface area contributed by atoms with Crippen molar-refractivity contribution in [1.29, 1.82) is 0 Å². The van der Waals surface area contributed by atoms with Gasteiger partial charge in [0.15, 0.2) is 0 Å². The molecule has 1 aromatic rings. The third-order valence-electron chi connectivity index (χ3n) is 8.29. The molecule has 0 amide bonds. The van der Waals surface area contributed by atoms with Gasteiger partial charge in [0.1, 0.15) is 0 Å². The second kappa shape index (κ2) is 11.5. The molecular weight excluding hydrogens is 435 g/mol. The molecule has 176 valence electrons. The van der Waals surface area contributed by atoms with Crippen molar-refractivity contribution in [2.75, 3.05) is 6.61 Å². The Kier molecular flexibility index (Phi) is 10.1. The molecule has 0 N–H and O–H groups in total. The molecule has 1 aromatic heterocycles. The Hall–Kier alpha value is -0.110. The van der Waals surface area contributed by atoms with Gasteiger partial charge in [-0.25, -0.2) is 8.42 Å². The van der Waals surface area contributed by atoms with E-state index in [-0.39, 0.29) is 47.5 Å². The van der Waals surface area contributed by atoms with Gasteiger partial charge < -0.3 is 8.97 Å². The van der Waals surface area contributed by atoms with Gasteiger partial charge in [-0.3, -0.25) is 4.18 Å². The summed E-state index contributed by atoms with van der Waals surface area (Å²) in [5, 5.41) is 0. The molecule has 2 aliphatic carbocycles. The fourth-order valence-electron chi connectivity index (χ4n) is 5.95. The molecule has 1 saturated carbocycles. The second-order valence-electron chi connectivity index (χ2n) is 10.8. The number of hydrogen-bond acceptors (Lipinski definition) is 5. The van der Waals surface area contributed by atoms with Crippen LogP contribution in [-0.4, -0.2) is 19.6 Å². The van der Waals surface area contributed by atoms with Crippen LogP contribution in [0.4, 0.5) is 0 Å². The van der Waals surface area contributed by atoms with Crippen molar-refractivity contribution in [3.05, 3.63) is 35.8 Å². The summed E-state index contributed by atoms with van der Waals surface area (Å²) in [6.45, 7) is 9.57. The van der Waals surface area contributed by atoms with Crippen molar-refractivity contribution >= 4 is 10.4 Å². The molecule has 4 atom stereocenters. The molecule has 3 unspecified atom stereocenters. The predicted octanol–water partition coefficient (Wildman–Crippen LogP) is 3.28. The molecule has 0 aliphatic heterocycles. The van der Waals surface area contributed by atoms with Gasteiger partial charge in [0.2, 0.25) is 10.4 Å². The van der Waals surface area contributed by atoms with E-state index in [1.807, 2.05) is 6.07 Å². The Morgan fingerprint density at radius 2 is 2.00 bits per heavy atom. The fraction of sp³-hybridized carbons (Fsp3) is 0.760. The molecule has 32 heavy (non-hydrogen) atoms. The fourth-order valence-corrected chi connectivity index (χ4v) is 6.31. The number of aryl methyl sites for hydroxylation is 1. The maximum absolute atomic E-state index is 11.1. The SMILES string of the molecule is CC1CCC2C(=CCCC2(C)C)[C@]1(C)CCC(CCCc1ccoc1)COS(=O)(=O)[O-].[Na+]. The van der Waals surface area contributed by atoms with Crippen LogP contribution in [0.25, 0.3) is 0 Å². The monoisotopic (exact) mass is 474 g/mol. The van der Waals surface area contributed by atoms with Crippen LogP contribution in [0.1, 0.15) is 84.6 Å². The van der Waals surface area contributed by atoms with E-state index < -0.39 is 10.4 Å². The summed E-state index contributed by atoms with van der Waals surface area (Å²) in [5.41, 5.74) is 3.23. The van der Waals surface area contributed by atoms with Gasteiger partial charge in [0.05, 0.1) is 19.1 Å². The minimum Gasteiger partial charge on any atom is -0.726 e. The largest absolute Gasteiger partial charge is 1.00 e. The summed E-state index contributed by atoms with van der Waals surface area (Å²) in [4.78, 5) is 0. The molecule has 0 aromatic carbocycles. The van der Waals surface area contributed by atoms with Gasteiger partial charge in [-0.1, -0.05) is 39.3 Å². The Morgan fingerprint density at radius 3 is 2.66 bits per heavy atom. The molecular formula is C25H39NaO5S. The average molecular weight is 475 g/mol. The minimum atomic E-state index is -4.67. The average Bonchev–Trinajstić information content (AvgIpc) is 3.19. The van der Waals surface area contributed by atoms with Crippen LogP contribution in [0.3, 0.4) is 0 Å². The van der Waals surface area contributed by atoms with Crippen molar-refractivity contribution in [3.63, 3.8) is 0 Å². The van der Waals surface area contributed by atoms with Crippen molar-refractivity contribution in [2.45, 2.75) is 85.5 Å². The molecule has 5 nitrogen and oxygen atoms in total. The first-order valence-corrected chi connectivity index (χ1v) is 13.2. The van der Waals surface area contributed by atoms with E-state index >= 15 is 0 Å². The number of allylic oxidation sites excluding steroid dienone is 2. The quantitative estimate of drug-likeness (QED) is 0.225. The van der Waals surface area contributed by atoms with Gasteiger partial charge in [0.25, 0.3) is 0 Å². The predicted molar refractivity (Wildman–Crippen MR) is 121 cm³/mol. The Balaban J connectivity index is 0.00000363. The van der Waals surface area contributed by atoms with Crippen LogP contribution >= 0.6 is 0 Å². The molecule has 1 fully saturated rings. The van der Waals surface area contributed by atoms with Crippen molar-refractivity contribution in [2.24, 2.45) is 28.6 Å². The third-order valence-corrected chi connectivity index (χ3v) is 8.71. The summed E-state index contributed by atoms with van der Waals surface area (Å²) in [5.74, 6) is 1.29. The van der Waals surface area contributed by atoms with Crippen LogP contribution < -0.4 is 29.6 Å². The van der Waals surface area contributed by atoms with E-state index in [0.29, 0.717) is 17.3 Å². The number of fused-ring (bicyclic) bond motifs is 1. The topological polar surface area (TPSA) is 79.6 Å². The molecule has 0 saturated heterocycles. The first-order chi connectivity index (χ1) is 14.5. The number of hydrogen-bond donors (Lipinski definition) is 0. The first kappa shape index (κ1) is 28.1. The van der Waals surface area contributed by atoms with Crippen LogP contribution in [0.2, 0.25) is 0 Å². The standard InChI is InChI=1S/C25H40O5S.Na/c1-19-10-11-22-23(9-6-14-24(22,2)3)25(19,4)15-12-20(18-30-31(26,27)28)7-5-8-21-13-16-29-17-21;/h9,13,16-17,19-20,22H,5-8,10-12,14-15,18H2,1-4H3,(H,26,27,28);/q;+1/p-1/t19?,20?,22?,25-;/m1./s1. The molecule has 1 heterocycles. The molecule has 0 radical (unpaired) electrons. The normalized spacial score (nSPS) is 28.3. The maximum atomic E-state index is 11.1. The van der Waals surface area contributed by atoms with E-state index in [0.717, 1.165) is 44.1 Å². The summed E-state index contributed by atoms with van der Waals surface area (Å²) in [7, 11) is -4.67. The van der Waals surface area contributed by atoms with Crippen molar-refractivity contribution in [3.8, 4) is 0 Å². The van der Waals surface area contributed by atoms with E-state index in [1.165, 1.54) is 19.3 Å². The van der Waals surface area contributed by atoms with Crippen molar-refractivity contribution < 1.29 is 51.1 Å². The molecule has 0 bridgehead atoms. The number of rotatable bonds is 10. The zero-order valence-corrected chi connectivity index (χ0v) is 23.4. The molecule has 2 aliphatic rings. The smallest absolute Gasteiger partial charge is 0.726 e. The zero-order valence-electron chi connectivity index (χ0n) is 20.6. The first-order valence-electron chi connectivity index (χ1n) is 11.8.